The van der Waals surface area contributed by atoms with Gasteiger partial charge in [-0.3, -0.25) is 11.3 Å². The van der Waals surface area contributed by atoms with Gasteiger partial charge in [0.1, 0.15) is 0 Å². The lowest BCUT2D eigenvalue weighted by atomic mass is 9.99. The van der Waals surface area contributed by atoms with E-state index in [1.54, 1.807) is 0 Å². The van der Waals surface area contributed by atoms with Crippen LogP contribution < -0.4 is 11.3 Å². The number of nitrogens with two attached hydrogens (primary N) is 1. The molecular formula is C14H14BrIN2. The fraction of sp³-hybridized carbons (Fsp3) is 0.143. The Morgan fingerprint density at radius 3 is 2.61 bits per heavy atom. The Bertz CT molecular complexity index is 531. The molecule has 1 unspecified atom stereocenters. The van der Waals surface area contributed by atoms with Gasteiger partial charge in [0, 0.05) is 8.04 Å². The van der Waals surface area contributed by atoms with Crippen LogP contribution in [0.25, 0.3) is 0 Å². The molecule has 2 nitrogen and oxygen atoms in total. The zero-order valence-electron chi connectivity index (χ0n) is 9.74. The van der Waals surface area contributed by atoms with E-state index in [-0.39, 0.29) is 6.04 Å². The van der Waals surface area contributed by atoms with Crippen molar-refractivity contribution in [3.63, 3.8) is 0 Å². The molecule has 0 aromatic heterocycles. The summed E-state index contributed by atoms with van der Waals surface area (Å²) in [6.45, 7) is 0. The van der Waals surface area contributed by atoms with Gasteiger partial charge in [0.05, 0.1) is 6.04 Å². The number of hydrogen-bond donors (Lipinski definition) is 2. The molecule has 0 amide bonds. The first-order valence-electron chi connectivity index (χ1n) is 5.65. The van der Waals surface area contributed by atoms with Crippen molar-refractivity contribution in [2.24, 2.45) is 5.84 Å². The molecule has 0 aliphatic heterocycles. The van der Waals surface area contributed by atoms with Gasteiger partial charge in [-0.25, -0.2) is 0 Å². The number of rotatable bonds is 4. The molecule has 4 heteroatoms. The summed E-state index contributed by atoms with van der Waals surface area (Å²) < 4.78 is 2.34. The summed E-state index contributed by atoms with van der Waals surface area (Å²) in [5, 5.41) is 0. The highest BCUT2D eigenvalue weighted by Gasteiger charge is 2.12. The van der Waals surface area contributed by atoms with E-state index in [1.807, 2.05) is 12.1 Å². The van der Waals surface area contributed by atoms with Crippen molar-refractivity contribution in [3.05, 3.63) is 67.7 Å². The van der Waals surface area contributed by atoms with Crippen molar-refractivity contribution in [1.82, 2.24) is 5.43 Å². The molecule has 0 bridgehead atoms. The summed E-state index contributed by atoms with van der Waals surface area (Å²) in [5.74, 6) is 5.69. The Labute approximate surface area is 129 Å². The van der Waals surface area contributed by atoms with Crippen LogP contribution in [0.2, 0.25) is 0 Å². The molecule has 3 N–H and O–H groups in total. The number of nitrogens with one attached hydrogen (secondary N) is 1. The lowest BCUT2D eigenvalue weighted by Crippen LogP contribution is -2.29. The number of benzene rings is 2. The van der Waals surface area contributed by atoms with E-state index in [2.05, 4.69) is 80.3 Å². The van der Waals surface area contributed by atoms with Crippen LogP contribution in [0.1, 0.15) is 17.2 Å². The molecule has 1 atom stereocenters. The minimum atomic E-state index is 0.124. The molecule has 18 heavy (non-hydrogen) atoms. The number of hydrazine groups is 1. The van der Waals surface area contributed by atoms with Crippen molar-refractivity contribution in [2.75, 3.05) is 0 Å². The van der Waals surface area contributed by atoms with E-state index in [4.69, 9.17) is 5.84 Å². The molecular weight excluding hydrogens is 403 g/mol. The molecule has 2 rings (SSSR count). The van der Waals surface area contributed by atoms with Gasteiger partial charge in [-0.2, -0.15) is 0 Å². The SMILES string of the molecule is NNC(Cc1ccccc1Br)c1cccc(I)c1. The molecule has 0 saturated carbocycles. The van der Waals surface area contributed by atoms with Gasteiger partial charge in [-0.1, -0.05) is 46.3 Å². The zero-order valence-corrected chi connectivity index (χ0v) is 13.5. The highest BCUT2D eigenvalue weighted by molar-refractivity contribution is 14.1. The minimum absolute atomic E-state index is 0.124. The van der Waals surface area contributed by atoms with Gasteiger partial charge >= 0.3 is 0 Å². The van der Waals surface area contributed by atoms with Crippen LogP contribution in [0.5, 0.6) is 0 Å². The van der Waals surface area contributed by atoms with Gasteiger partial charge in [0.15, 0.2) is 0 Å². The summed E-state index contributed by atoms with van der Waals surface area (Å²) in [6, 6.07) is 16.7. The predicted octanol–water partition coefficient (Wildman–Crippen LogP) is 3.80. The van der Waals surface area contributed by atoms with E-state index in [0.717, 1.165) is 10.9 Å². The van der Waals surface area contributed by atoms with Crippen LogP contribution in [0, 0.1) is 3.57 Å². The normalized spacial score (nSPS) is 12.4. The first-order chi connectivity index (χ1) is 8.70. The second kappa shape index (κ2) is 6.65. The third-order valence-electron chi connectivity index (χ3n) is 2.83. The monoisotopic (exact) mass is 416 g/mol. The molecule has 0 aliphatic carbocycles. The van der Waals surface area contributed by atoms with Crippen molar-refractivity contribution in [1.29, 1.82) is 0 Å². The summed E-state index contributed by atoms with van der Waals surface area (Å²) in [6.07, 6.45) is 0.859. The quantitative estimate of drug-likeness (QED) is 0.452. The second-order valence-electron chi connectivity index (χ2n) is 4.07. The lowest BCUT2D eigenvalue weighted by molar-refractivity contribution is 0.551. The maximum atomic E-state index is 5.69. The molecule has 0 aliphatic rings. The number of halogens is 2. The van der Waals surface area contributed by atoms with Crippen LogP contribution in [0.4, 0.5) is 0 Å². The summed E-state index contributed by atoms with van der Waals surface area (Å²) in [4.78, 5) is 0. The average molecular weight is 417 g/mol. The van der Waals surface area contributed by atoms with E-state index in [1.165, 1.54) is 14.7 Å². The highest BCUT2D eigenvalue weighted by Crippen LogP contribution is 2.24. The van der Waals surface area contributed by atoms with E-state index < -0.39 is 0 Å². The Morgan fingerprint density at radius 1 is 1.17 bits per heavy atom. The molecule has 0 heterocycles. The Hall–Kier alpha value is -0.430. The molecule has 94 valence electrons. The Balaban J connectivity index is 2.23. The molecule has 0 radical (unpaired) electrons. The topological polar surface area (TPSA) is 38.0 Å². The third-order valence-corrected chi connectivity index (χ3v) is 4.28. The second-order valence-corrected chi connectivity index (χ2v) is 6.17. The summed E-state index contributed by atoms with van der Waals surface area (Å²) >= 11 is 5.89. The van der Waals surface area contributed by atoms with E-state index in [9.17, 15) is 0 Å². The van der Waals surface area contributed by atoms with E-state index in [0.29, 0.717) is 0 Å². The maximum absolute atomic E-state index is 5.69. The van der Waals surface area contributed by atoms with Crippen LogP contribution >= 0.6 is 38.5 Å². The van der Waals surface area contributed by atoms with Crippen LogP contribution in [-0.4, -0.2) is 0 Å². The van der Waals surface area contributed by atoms with Crippen molar-refractivity contribution < 1.29 is 0 Å². The summed E-state index contributed by atoms with van der Waals surface area (Å²) in [7, 11) is 0. The molecule has 2 aromatic rings. The van der Waals surface area contributed by atoms with Gasteiger partial charge in [0.2, 0.25) is 0 Å². The fourth-order valence-corrected chi connectivity index (χ4v) is 2.89. The van der Waals surface area contributed by atoms with Crippen LogP contribution in [0.15, 0.2) is 53.0 Å². The van der Waals surface area contributed by atoms with Crippen LogP contribution in [-0.2, 0) is 6.42 Å². The number of hydrogen-bond acceptors (Lipinski definition) is 2. The molecule has 0 saturated heterocycles. The first-order valence-corrected chi connectivity index (χ1v) is 7.53. The zero-order chi connectivity index (χ0) is 13.0. The van der Waals surface area contributed by atoms with Gasteiger partial charge in [-0.15, -0.1) is 0 Å². The minimum Gasteiger partial charge on any atom is -0.271 e. The van der Waals surface area contributed by atoms with Gasteiger partial charge < -0.3 is 0 Å². The van der Waals surface area contributed by atoms with Crippen molar-refractivity contribution >= 4 is 38.5 Å². The summed E-state index contributed by atoms with van der Waals surface area (Å²) in [5.41, 5.74) is 5.35. The third kappa shape index (κ3) is 3.54. The fourth-order valence-electron chi connectivity index (χ4n) is 1.88. The predicted molar refractivity (Wildman–Crippen MR) is 87.1 cm³/mol. The molecule has 0 fully saturated rings. The van der Waals surface area contributed by atoms with Crippen LogP contribution in [0.3, 0.4) is 0 Å². The van der Waals surface area contributed by atoms with Crippen molar-refractivity contribution in [2.45, 2.75) is 12.5 Å². The maximum Gasteiger partial charge on any atom is 0.0501 e. The average Bonchev–Trinajstić information content (AvgIpc) is 2.38. The van der Waals surface area contributed by atoms with Gasteiger partial charge in [0.25, 0.3) is 0 Å². The van der Waals surface area contributed by atoms with E-state index >= 15 is 0 Å². The Morgan fingerprint density at radius 2 is 1.94 bits per heavy atom. The Kier molecular flexibility index (Phi) is 5.17. The standard InChI is InChI=1S/C14H14BrIN2/c15-13-7-2-1-4-10(13)9-14(18-17)11-5-3-6-12(16)8-11/h1-8,14,18H,9,17H2. The molecule has 2 aromatic carbocycles. The molecule has 0 spiro atoms. The lowest BCUT2D eigenvalue weighted by Gasteiger charge is -2.17. The smallest absolute Gasteiger partial charge is 0.0501 e. The highest BCUT2D eigenvalue weighted by atomic mass is 127. The first kappa shape index (κ1) is 14.0. The van der Waals surface area contributed by atoms with Gasteiger partial charge in [-0.05, 0) is 58.3 Å². The van der Waals surface area contributed by atoms with Crippen molar-refractivity contribution in [3.8, 4) is 0 Å². The largest absolute Gasteiger partial charge is 0.271 e.